The zero-order chi connectivity index (χ0) is 29.5. The van der Waals surface area contributed by atoms with E-state index in [-0.39, 0.29) is 5.41 Å². The number of hydrogen-bond donors (Lipinski definition) is 1. The fraction of sp³-hybridized carbons (Fsp3) is 0.424. The first-order chi connectivity index (χ1) is 19.3. The van der Waals surface area contributed by atoms with E-state index in [0.29, 0.717) is 24.3 Å². The standard InChI is InChI=1S/C24H26O2.C9H19N2OPS/c1-4-18-24(19-12-7-5-8-13-19,20-14-9-6-10-15-20)21-16-11-17-22(25-2)23(21)26-3;1-8(2)11(9(3)4)13(12)14-7-5-6-10/h5-17H,4,18H2,1-3H3;8-9,12H,5,7H2,1-4H3. The van der Waals surface area contributed by atoms with Crippen molar-refractivity contribution < 1.29 is 14.4 Å². The molecule has 0 heterocycles. The van der Waals surface area contributed by atoms with Crippen LogP contribution in [0.25, 0.3) is 0 Å². The highest BCUT2D eigenvalue weighted by Gasteiger charge is 2.38. The van der Waals surface area contributed by atoms with Crippen molar-refractivity contribution in [3.05, 3.63) is 95.6 Å². The monoisotopic (exact) mass is 580 g/mol. The Morgan fingerprint density at radius 2 is 1.43 bits per heavy atom. The molecule has 0 radical (unpaired) electrons. The molecule has 0 saturated carbocycles. The minimum absolute atomic E-state index is 0.294. The summed E-state index contributed by atoms with van der Waals surface area (Å²) < 4.78 is 13.5. The molecule has 0 fully saturated rings. The van der Waals surface area contributed by atoms with Crippen LogP contribution >= 0.6 is 18.9 Å². The van der Waals surface area contributed by atoms with Crippen LogP contribution in [0.4, 0.5) is 0 Å². The van der Waals surface area contributed by atoms with Crippen molar-refractivity contribution in [3.63, 3.8) is 0 Å². The molecular formula is C33H45N2O3PS. The van der Waals surface area contributed by atoms with Crippen LogP contribution < -0.4 is 9.47 Å². The Bertz CT molecular complexity index is 1120. The molecule has 1 N–H and O–H groups in total. The van der Waals surface area contributed by atoms with Crippen LogP contribution in [0, 0.1) is 11.3 Å². The molecule has 0 bridgehead atoms. The zero-order valence-electron chi connectivity index (χ0n) is 25.0. The van der Waals surface area contributed by atoms with Gasteiger partial charge in [-0.3, -0.25) is 0 Å². The Hall–Kier alpha value is -2.55. The number of hydrogen-bond acceptors (Lipinski definition) is 6. The Balaban J connectivity index is 0.000000342. The van der Waals surface area contributed by atoms with E-state index in [2.05, 4.69) is 112 Å². The van der Waals surface area contributed by atoms with Gasteiger partial charge in [-0.15, -0.1) is 0 Å². The molecule has 3 aromatic carbocycles. The SMILES string of the molecule is CC(C)N(C(C)C)P(O)SCCC#N.CCCC(c1ccccc1)(c1ccccc1)c1cccc(OC)c1OC. The zero-order valence-corrected chi connectivity index (χ0v) is 26.7. The molecule has 3 aromatic rings. The van der Waals surface area contributed by atoms with Crippen LogP contribution in [0.15, 0.2) is 78.9 Å². The summed E-state index contributed by atoms with van der Waals surface area (Å²) in [4.78, 5) is 9.92. The van der Waals surface area contributed by atoms with Gasteiger partial charge in [0.15, 0.2) is 19.0 Å². The minimum Gasteiger partial charge on any atom is -0.493 e. The first kappa shape index (κ1) is 33.7. The normalized spacial score (nSPS) is 12.1. The molecule has 1 atom stereocenters. The highest BCUT2D eigenvalue weighted by atomic mass is 32.7. The Morgan fingerprint density at radius 1 is 0.875 bits per heavy atom. The lowest BCUT2D eigenvalue weighted by molar-refractivity contribution is 0.304. The summed E-state index contributed by atoms with van der Waals surface area (Å²) in [5.74, 6) is 2.28. The Kier molecular flexibility index (Phi) is 14.6. The van der Waals surface area contributed by atoms with Gasteiger partial charge in [-0.2, -0.15) is 5.26 Å². The first-order valence-electron chi connectivity index (χ1n) is 13.9. The molecule has 7 heteroatoms. The number of para-hydroxylation sites is 1. The molecule has 40 heavy (non-hydrogen) atoms. The van der Waals surface area contributed by atoms with Crippen LogP contribution in [0.2, 0.25) is 0 Å². The summed E-state index contributed by atoms with van der Waals surface area (Å²) in [6, 6.07) is 30.3. The van der Waals surface area contributed by atoms with Crippen molar-refractivity contribution in [2.24, 2.45) is 0 Å². The predicted molar refractivity (Wildman–Crippen MR) is 171 cm³/mol. The molecule has 1 unspecified atom stereocenters. The van der Waals surface area contributed by atoms with E-state index in [9.17, 15) is 4.89 Å². The van der Waals surface area contributed by atoms with Gasteiger partial charge in [-0.05, 0) is 51.3 Å². The van der Waals surface area contributed by atoms with Crippen molar-refractivity contribution in [2.75, 3.05) is 20.0 Å². The maximum atomic E-state index is 9.92. The third-order valence-corrected chi connectivity index (χ3v) is 10.4. The van der Waals surface area contributed by atoms with Crippen molar-refractivity contribution in [2.45, 2.75) is 71.4 Å². The average molecular weight is 581 g/mol. The molecule has 0 spiro atoms. The summed E-state index contributed by atoms with van der Waals surface area (Å²) in [5.41, 5.74) is 3.37. The first-order valence-corrected chi connectivity index (χ1v) is 16.7. The van der Waals surface area contributed by atoms with Crippen molar-refractivity contribution >= 4 is 18.9 Å². The molecule has 0 aliphatic heterocycles. The maximum absolute atomic E-state index is 9.92. The predicted octanol–water partition coefficient (Wildman–Crippen LogP) is 8.81. The van der Waals surface area contributed by atoms with E-state index in [4.69, 9.17) is 14.7 Å². The lowest BCUT2D eigenvalue weighted by Gasteiger charge is -2.37. The second kappa shape index (κ2) is 17.3. The number of methoxy groups -OCH3 is 2. The number of nitriles is 1. The second-order valence-corrected chi connectivity index (χ2v) is 13.4. The van der Waals surface area contributed by atoms with E-state index in [1.54, 1.807) is 14.2 Å². The molecule has 0 amide bonds. The van der Waals surface area contributed by atoms with Gasteiger partial charge in [-0.1, -0.05) is 97.5 Å². The molecule has 3 rings (SSSR count). The third-order valence-electron chi connectivity index (χ3n) is 6.70. The van der Waals surface area contributed by atoms with Crippen LogP contribution in [-0.4, -0.2) is 41.6 Å². The van der Waals surface area contributed by atoms with Crippen molar-refractivity contribution in [1.82, 2.24) is 4.67 Å². The topological polar surface area (TPSA) is 65.7 Å². The number of nitrogens with zero attached hydrogens (tertiary/aromatic N) is 2. The van der Waals surface area contributed by atoms with E-state index in [0.717, 1.165) is 29.9 Å². The third kappa shape index (κ3) is 8.48. The van der Waals surface area contributed by atoms with Gasteiger partial charge in [-0.25, -0.2) is 4.67 Å². The Morgan fingerprint density at radius 3 is 1.85 bits per heavy atom. The van der Waals surface area contributed by atoms with Gasteiger partial charge < -0.3 is 14.4 Å². The quantitative estimate of drug-likeness (QED) is 0.124. The molecule has 0 aliphatic rings. The van der Waals surface area contributed by atoms with E-state index < -0.39 is 7.50 Å². The van der Waals surface area contributed by atoms with Gasteiger partial charge >= 0.3 is 0 Å². The van der Waals surface area contributed by atoms with Gasteiger partial charge in [0.2, 0.25) is 0 Å². The summed E-state index contributed by atoms with van der Waals surface area (Å²) in [6.07, 6.45) is 2.53. The smallest absolute Gasteiger partial charge is 0.167 e. The van der Waals surface area contributed by atoms with Crippen molar-refractivity contribution in [1.29, 1.82) is 5.26 Å². The maximum Gasteiger partial charge on any atom is 0.167 e. The van der Waals surface area contributed by atoms with Crippen LogP contribution in [0.1, 0.15) is 70.6 Å². The number of benzene rings is 3. The van der Waals surface area contributed by atoms with Crippen LogP contribution in [-0.2, 0) is 5.41 Å². The van der Waals surface area contributed by atoms with Gasteiger partial charge in [0.25, 0.3) is 0 Å². The van der Waals surface area contributed by atoms with Gasteiger partial charge in [0, 0.05) is 35.2 Å². The molecule has 0 aromatic heterocycles. The van der Waals surface area contributed by atoms with Crippen molar-refractivity contribution in [3.8, 4) is 17.6 Å². The fourth-order valence-electron chi connectivity index (χ4n) is 5.18. The lowest BCUT2D eigenvalue weighted by Crippen LogP contribution is -2.31. The fourth-order valence-corrected chi connectivity index (χ4v) is 8.74. The van der Waals surface area contributed by atoms with Crippen LogP contribution in [0.3, 0.4) is 0 Å². The highest BCUT2D eigenvalue weighted by molar-refractivity contribution is 8.53. The Labute approximate surface area is 247 Å². The summed E-state index contributed by atoms with van der Waals surface area (Å²) in [5, 5.41) is 8.38. The second-order valence-electron chi connectivity index (χ2n) is 9.99. The molecule has 0 aliphatic carbocycles. The highest BCUT2D eigenvalue weighted by Crippen LogP contribution is 2.51. The molecule has 0 saturated heterocycles. The number of ether oxygens (including phenoxy) is 2. The van der Waals surface area contributed by atoms with Crippen LogP contribution in [0.5, 0.6) is 11.5 Å². The molecular weight excluding hydrogens is 535 g/mol. The number of rotatable bonds is 13. The van der Waals surface area contributed by atoms with Gasteiger partial charge in [0.05, 0.1) is 20.3 Å². The average Bonchev–Trinajstić information content (AvgIpc) is 2.96. The van der Waals surface area contributed by atoms with E-state index >= 15 is 0 Å². The lowest BCUT2D eigenvalue weighted by atomic mass is 9.66. The minimum atomic E-state index is -1.14. The summed E-state index contributed by atoms with van der Waals surface area (Å²) in [7, 11) is 2.27. The van der Waals surface area contributed by atoms with Gasteiger partial charge in [0.1, 0.15) is 0 Å². The molecule has 216 valence electrons. The summed E-state index contributed by atoms with van der Waals surface area (Å²) >= 11 is 1.49. The van der Waals surface area contributed by atoms with E-state index in [1.807, 2.05) is 12.1 Å². The van der Waals surface area contributed by atoms with E-state index in [1.165, 1.54) is 22.5 Å². The summed E-state index contributed by atoms with van der Waals surface area (Å²) in [6.45, 7) is 10.5. The molecule has 5 nitrogen and oxygen atoms in total. The largest absolute Gasteiger partial charge is 0.493 e.